The molecule has 5 nitrogen and oxygen atoms in total. The quantitative estimate of drug-likeness (QED) is 0.151. The van der Waals surface area contributed by atoms with Crippen LogP contribution in [0.3, 0.4) is 0 Å². The molecule has 10 aromatic rings. The Morgan fingerprint density at radius 1 is 0.387 bits per heavy atom. The van der Waals surface area contributed by atoms with Gasteiger partial charge in [-0.25, -0.2) is 19.8 Å². The van der Waals surface area contributed by atoms with Crippen molar-refractivity contribution in [2.24, 2.45) is 0 Å². The fourth-order valence-electron chi connectivity index (χ4n) is 8.97. The SMILES string of the molecule is [C-]#[N+]c1ccc(-c2nc(-c3ccccc3)nc(-c3cccc(-c4cccc(-c5cccc6c5Oc5c(ccc7ccccc57)C6(c5ccccc5)c5ccccc5)c4)c3)n2)cc1. The molecule has 0 saturated carbocycles. The Bertz CT molecular complexity index is 3280. The molecule has 1 aliphatic rings. The monoisotopic (exact) mass is 792 g/mol. The molecule has 0 fully saturated rings. The Morgan fingerprint density at radius 3 is 1.55 bits per heavy atom. The molecule has 5 heteroatoms. The van der Waals surface area contributed by atoms with Gasteiger partial charge in [-0.15, -0.1) is 0 Å². The van der Waals surface area contributed by atoms with Crippen molar-refractivity contribution >= 4 is 16.5 Å². The van der Waals surface area contributed by atoms with Crippen LogP contribution in [0.4, 0.5) is 5.69 Å². The van der Waals surface area contributed by atoms with Crippen LogP contribution in [-0.4, -0.2) is 15.0 Å². The number of aromatic nitrogens is 3. The molecular formula is C57H36N4O. The number of rotatable bonds is 7. The van der Waals surface area contributed by atoms with Gasteiger partial charge in [0.25, 0.3) is 0 Å². The molecule has 0 spiro atoms. The Morgan fingerprint density at radius 2 is 0.887 bits per heavy atom. The fraction of sp³-hybridized carbons (Fsp3) is 0.0175. The van der Waals surface area contributed by atoms with Crippen LogP contribution in [0.2, 0.25) is 0 Å². The van der Waals surface area contributed by atoms with E-state index >= 15 is 0 Å². The van der Waals surface area contributed by atoms with Gasteiger partial charge in [-0.05, 0) is 45.3 Å². The van der Waals surface area contributed by atoms with E-state index in [1.807, 2.05) is 48.5 Å². The number of para-hydroxylation sites is 1. The molecule has 2 heterocycles. The molecule has 9 aromatic carbocycles. The molecule has 1 aliphatic heterocycles. The number of nitrogens with zero attached hydrogens (tertiary/aromatic N) is 4. The predicted molar refractivity (Wildman–Crippen MR) is 249 cm³/mol. The maximum atomic E-state index is 7.42. The van der Waals surface area contributed by atoms with Crippen molar-refractivity contribution in [3.05, 3.63) is 252 Å². The molecule has 11 rings (SSSR count). The number of fused-ring (bicyclic) bond motifs is 4. The van der Waals surface area contributed by atoms with E-state index < -0.39 is 5.41 Å². The minimum Gasteiger partial charge on any atom is -0.455 e. The highest BCUT2D eigenvalue weighted by molar-refractivity contribution is 5.94. The van der Waals surface area contributed by atoms with E-state index in [-0.39, 0.29) is 0 Å². The Hall–Kier alpha value is -8.46. The maximum Gasteiger partial charge on any atom is 0.187 e. The Kier molecular flexibility index (Phi) is 9.03. The van der Waals surface area contributed by atoms with Gasteiger partial charge in [0.1, 0.15) is 11.5 Å². The minimum atomic E-state index is -0.654. The molecule has 0 N–H and O–H groups in total. The molecule has 1 aromatic heterocycles. The molecule has 0 unspecified atom stereocenters. The Labute approximate surface area is 360 Å². The van der Waals surface area contributed by atoms with Gasteiger partial charge in [-0.1, -0.05) is 206 Å². The highest BCUT2D eigenvalue weighted by atomic mass is 16.5. The average molecular weight is 793 g/mol. The van der Waals surface area contributed by atoms with Gasteiger partial charge in [-0.3, -0.25) is 0 Å². The number of ether oxygens (including phenoxy) is 1. The molecule has 0 amide bonds. The summed E-state index contributed by atoms with van der Waals surface area (Å²) in [6, 6.07) is 75.5. The van der Waals surface area contributed by atoms with Crippen LogP contribution in [0, 0.1) is 6.57 Å². The molecule has 0 radical (unpaired) electrons. The highest BCUT2D eigenvalue weighted by Gasteiger charge is 2.46. The van der Waals surface area contributed by atoms with Gasteiger partial charge in [-0.2, -0.15) is 0 Å². The smallest absolute Gasteiger partial charge is 0.187 e. The van der Waals surface area contributed by atoms with E-state index in [4.69, 9.17) is 26.3 Å². The summed E-state index contributed by atoms with van der Waals surface area (Å²) < 4.78 is 7.27. The molecule has 0 saturated heterocycles. The molecule has 290 valence electrons. The maximum absolute atomic E-state index is 7.42. The minimum absolute atomic E-state index is 0.545. The lowest BCUT2D eigenvalue weighted by Crippen LogP contribution is -2.34. The second kappa shape index (κ2) is 15.3. The summed E-state index contributed by atoms with van der Waals surface area (Å²) in [6.45, 7) is 7.42. The first-order valence-corrected chi connectivity index (χ1v) is 20.6. The van der Waals surface area contributed by atoms with E-state index in [1.165, 1.54) is 11.1 Å². The third-order valence-corrected chi connectivity index (χ3v) is 11.9. The zero-order valence-electron chi connectivity index (χ0n) is 33.5. The first-order chi connectivity index (χ1) is 30.7. The van der Waals surface area contributed by atoms with Gasteiger partial charge in [0.15, 0.2) is 23.2 Å². The van der Waals surface area contributed by atoms with Gasteiger partial charge in [0, 0.05) is 38.8 Å². The van der Waals surface area contributed by atoms with Crippen molar-refractivity contribution in [2.45, 2.75) is 5.41 Å². The zero-order chi connectivity index (χ0) is 41.5. The lowest BCUT2D eigenvalue weighted by molar-refractivity contribution is 0.441. The van der Waals surface area contributed by atoms with Crippen molar-refractivity contribution in [3.8, 4) is 67.9 Å². The second-order valence-corrected chi connectivity index (χ2v) is 15.4. The standard InChI is InChI=1S/C57H36N4O/c1-58-47-33-30-40(31-34-47)55-59-54(39-17-5-2-6-18-39)60-56(61-55)44-22-14-20-42(37-44)41-19-13-21-43(36-41)49-28-15-29-50-53(49)62-52-48-27-12-11-16-38(48)32-35-51(52)57(50,45-23-7-3-8-24-45)46-25-9-4-10-26-46/h2-37H. The zero-order valence-corrected chi connectivity index (χ0v) is 33.5. The largest absolute Gasteiger partial charge is 0.455 e. The van der Waals surface area contributed by atoms with E-state index in [2.05, 4.69) is 163 Å². The molecular weight excluding hydrogens is 757 g/mol. The normalized spacial score (nSPS) is 12.4. The van der Waals surface area contributed by atoms with Crippen LogP contribution in [0.5, 0.6) is 11.5 Å². The fourth-order valence-corrected chi connectivity index (χ4v) is 8.97. The predicted octanol–water partition coefficient (Wildman–Crippen LogP) is 14.4. The first-order valence-electron chi connectivity index (χ1n) is 20.6. The van der Waals surface area contributed by atoms with E-state index in [1.54, 1.807) is 12.1 Å². The van der Waals surface area contributed by atoms with Gasteiger partial charge >= 0.3 is 0 Å². The van der Waals surface area contributed by atoms with Crippen molar-refractivity contribution in [1.29, 1.82) is 0 Å². The highest BCUT2D eigenvalue weighted by Crippen LogP contribution is 2.58. The average Bonchev–Trinajstić information content (AvgIpc) is 3.36. The molecule has 0 bridgehead atoms. The molecule has 0 atom stereocenters. The van der Waals surface area contributed by atoms with Crippen LogP contribution < -0.4 is 4.74 Å². The lowest BCUT2D eigenvalue weighted by Gasteiger charge is -2.42. The first kappa shape index (κ1) is 36.6. The third kappa shape index (κ3) is 6.22. The number of benzene rings is 9. The van der Waals surface area contributed by atoms with Gasteiger partial charge in [0.2, 0.25) is 0 Å². The summed E-state index contributed by atoms with van der Waals surface area (Å²) in [4.78, 5) is 18.4. The summed E-state index contributed by atoms with van der Waals surface area (Å²) in [5.41, 5.74) is 11.2. The van der Waals surface area contributed by atoms with E-state index in [9.17, 15) is 0 Å². The van der Waals surface area contributed by atoms with E-state index in [0.717, 1.165) is 72.3 Å². The second-order valence-electron chi connectivity index (χ2n) is 15.4. The number of hydrogen-bond acceptors (Lipinski definition) is 4. The summed E-state index contributed by atoms with van der Waals surface area (Å²) in [5, 5.41) is 2.20. The number of hydrogen-bond donors (Lipinski definition) is 0. The topological polar surface area (TPSA) is 52.3 Å². The summed E-state index contributed by atoms with van der Waals surface area (Å²) in [6.07, 6.45) is 0. The molecule has 62 heavy (non-hydrogen) atoms. The van der Waals surface area contributed by atoms with Crippen molar-refractivity contribution in [1.82, 2.24) is 15.0 Å². The Balaban J connectivity index is 1.06. The van der Waals surface area contributed by atoms with Crippen LogP contribution in [0.25, 0.3) is 72.0 Å². The van der Waals surface area contributed by atoms with Gasteiger partial charge < -0.3 is 4.74 Å². The van der Waals surface area contributed by atoms with Crippen LogP contribution in [0.1, 0.15) is 22.3 Å². The lowest BCUT2D eigenvalue weighted by atomic mass is 9.63. The van der Waals surface area contributed by atoms with Crippen LogP contribution >= 0.6 is 0 Å². The van der Waals surface area contributed by atoms with Crippen molar-refractivity contribution in [3.63, 3.8) is 0 Å². The van der Waals surface area contributed by atoms with Crippen LogP contribution in [-0.2, 0) is 5.41 Å². The summed E-state index contributed by atoms with van der Waals surface area (Å²) in [7, 11) is 0. The van der Waals surface area contributed by atoms with Crippen molar-refractivity contribution in [2.75, 3.05) is 0 Å². The van der Waals surface area contributed by atoms with Crippen molar-refractivity contribution < 1.29 is 4.74 Å². The summed E-state index contributed by atoms with van der Waals surface area (Å²) >= 11 is 0. The molecule has 0 aliphatic carbocycles. The van der Waals surface area contributed by atoms with E-state index in [0.29, 0.717) is 23.2 Å². The van der Waals surface area contributed by atoms with Gasteiger partial charge in [0.05, 0.1) is 12.0 Å². The third-order valence-electron chi connectivity index (χ3n) is 11.9. The summed E-state index contributed by atoms with van der Waals surface area (Å²) in [5.74, 6) is 3.40. The van der Waals surface area contributed by atoms with Crippen LogP contribution in [0.15, 0.2) is 218 Å².